The fraction of sp³-hybridized carbons (Fsp3) is 0.0909. The van der Waals surface area contributed by atoms with E-state index in [4.69, 9.17) is 16.3 Å². The fourth-order valence-electron chi connectivity index (χ4n) is 1.45. The molecule has 1 aromatic carbocycles. The van der Waals surface area contributed by atoms with Gasteiger partial charge in [0.1, 0.15) is 17.3 Å². The first-order valence-corrected chi connectivity index (χ1v) is 6.37. The summed E-state index contributed by atoms with van der Waals surface area (Å²) in [6.45, 7) is 1.40. The van der Waals surface area contributed by atoms with Crippen LogP contribution in [0.2, 0.25) is 5.28 Å². The maximum absolute atomic E-state index is 13.2. The van der Waals surface area contributed by atoms with Gasteiger partial charge in [0.15, 0.2) is 0 Å². The lowest BCUT2D eigenvalue weighted by molar-refractivity contribution is -0.386. The Kier molecular flexibility index (Phi) is 4.15. The maximum Gasteiger partial charge on any atom is 0.352 e. The van der Waals surface area contributed by atoms with Gasteiger partial charge in [-0.05, 0) is 46.6 Å². The Morgan fingerprint density at radius 2 is 2.15 bits per heavy atom. The largest absolute Gasteiger partial charge is 0.432 e. The highest BCUT2D eigenvalue weighted by Gasteiger charge is 2.24. The molecule has 0 bridgehead atoms. The van der Waals surface area contributed by atoms with Gasteiger partial charge in [-0.1, -0.05) is 0 Å². The highest BCUT2D eigenvalue weighted by molar-refractivity contribution is 9.10. The summed E-state index contributed by atoms with van der Waals surface area (Å²) in [4.78, 5) is 17.7. The Hall–Kier alpha value is -1.80. The summed E-state index contributed by atoms with van der Waals surface area (Å²) in [5.41, 5.74) is -0.372. The number of nitrogens with zero attached hydrogens (tertiary/aromatic N) is 3. The zero-order valence-electron chi connectivity index (χ0n) is 9.93. The number of aromatic nitrogens is 2. The minimum atomic E-state index is -0.686. The quantitative estimate of drug-likeness (QED) is 0.468. The molecule has 0 aliphatic rings. The van der Waals surface area contributed by atoms with Crippen molar-refractivity contribution in [1.29, 1.82) is 0 Å². The molecule has 2 rings (SSSR count). The molecule has 0 N–H and O–H groups in total. The van der Waals surface area contributed by atoms with Crippen LogP contribution in [0.1, 0.15) is 5.69 Å². The highest BCUT2D eigenvalue weighted by Crippen LogP contribution is 2.35. The number of aryl methyl sites for hydroxylation is 1. The van der Waals surface area contributed by atoms with E-state index < -0.39 is 16.4 Å². The molecule has 0 spiro atoms. The van der Waals surface area contributed by atoms with Crippen LogP contribution in [0.25, 0.3) is 0 Å². The summed E-state index contributed by atoms with van der Waals surface area (Å²) in [6.07, 6.45) is 0. The predicted octanol–water partition coefficient (Wildman–Crippen LogP) is 4.04. The maximum atomic E-state index is 13.2. The molecular weight excluding hydrogens is 356 g/mol. The van der Waals surface area contributed by atoms with Crippen LogP contribution >= 0.6 is 27.5 Å². The zero-order valence-corrected chi connectivity index (χ0v) is 12.3. The molecule has 0 saturated carbocycles. The summed E-state index contributed by atoms with van der Waals surface area (Å²) in [6, 6.07) is 3.69. The van der Waals surface area contributed by atoms with Gasteiger partial charge in [-0.15, -0.1) is 0 Å². The van der Waals surface area contributed by atoms with Gasteiger partial charge in [0.05, 0.1) is 9.40 Å². The summed E-state index contributed by atoms with van der Waals surface area (Å²) in [5.74, 6) is -0.858. The molecule has 104 valence electrons. The van der Waals surface area contributed by atoms with E-state index in [1.54, 1.807) is 0 Å². The van der Waals surface area contributed by atoms with E-state index in [0.29, 0.717) is 4.47 Å². The molecule has 0 atom stereocenters. The van der Waals surface area contributed by atoms with Crippen LogP contribution in [0.4, 0.5) is 10.1 Å². The van der Waals surface area contributed by atoms with Crippen molar-refractivity contribution in [3.8, 4) is 11.6 Å². The van der Waals surface area contributed by atoms with Crippen LogP contribution in [0.5, 0.6) is 11.6 Å². The van der Waals surface area contributed by atoms with Gasteiger partial charge in [0.25, 0.3) is 0 Å². The Bertz CT molecular complexity index is 699. The third-order valence-corrected chi connectivity index (χ3v) is 3.11. The van der Waals surface area contributed by atoms with Crippen molar-refractivity contribution in [3.63, 3.8) is 0 Å². The molecule has 20 heavy (non-hydrogen) atoms. The molecule has 9 heteroatoms. The molecule has 1 aromatic heterocycles. The Balaban J connectivity index is 2.53. The summed E-state index contributed by atoms with van der Waals surface area (Å²) < 4.78 is 18.9. The Labute approximate surface area is 125 Å². The third-order valence-electron chi connectivity index (χ3n) is 2.28. The van der Waals surface area contributed by atoms with Crippen molar-refractivity contribution in [2.75, 3.05) is 0 Å². The smallest absolute Gasteiger partial charge is 0.352 e. The second-order valence-corrected chi connectivity index (χ2v) is 4.86. The number of ether oxygens (including phenoxy) is 1. The predicted molar refractivity (Wildman–Crippen MR) is 72.6 cm³/mol. The monoisotopic (exact) mass is 361 g/mol. The first-order valence-electron chi connectivity index (χ1n) is 5.20. The molecule has 0 saturated heterocycles. The fourth-order valence-corrected chi connectivity index (χ4v) is 1.98. The van der Waals surface area contributed by atoms with Crippen molar-refractivity contribution in [2.24, 2.45) is 0 Å². The zero-order chi connectivity index (χ0) is 14.9. The van der Waals surface area contributed by atoms with Crippen LogP contribution in [-0.4, -0.2) is 14.9 Å². The van der Waals surface area contributed by atoms with E-state index in [0.717, 1.165) is 6.07 Å². The molecule has 0 unspecified atom stereocenters. The third kappa shape index (κ3) is 3.02. The molecule has 0 amide bonds. The average molecular weight is 363 g/mol. The van der Waals surface area contributed by atoms with Crippen LogP contribution in [-0.2, 0) is 0 Å². The molecule has 0 fully saturated rings. The molecule has 6 nitrogen and oxygen atoms in total. The average Bonchev–Trinajstić information content (AvgIpc) is 2.32. The van der Waals surface area contributed by atoms with Gasteiger partial charge < -0.3 is 4.74 Å². The van der Waals surface area contributed by atoms with E-state index in [-0.39, 0.29) is 22.6 Å². The molecule has 0 aliphatic carbocycles. The van der Waals surface area contributed by atoms with Gasteiger partial charge in [-0.25, -0.2) is 9.37 Å². The molecule has 0 aliphatic heterocycles. The number of hydrogen-bond acceptors (Lipinski definition) is 5. The SMILES string of the molecule is Cc1nc(Cl)nc(Oc2cc(F)ccc2Br)c1[N+](=O)[O-]. The number of hydrogen-bond donors (Lipinski definition) is 0. The number of rotatable bonds is 3. The Morgan fingerprint density at radius 3 is 2.80 bits per heavy atom. The lowest BCUT2D eigenvalue weighted by Crippen LogP contribution is -2.02. The van der Waals surface area contributed by atoms with E-state index in [2.05, 4.69) is 25.9 Å². The van der Waals surface area contributed by atoms with Crippen LogP contribution in [0, 0.1) is 22.9 Å². The van der Waals surface area contributed by atoms with Crippen molar-refractivity contribution < 1.29 is 14.1 Å². The van der Waals surface area contributed by atoms with Crippen LogP contribution in [0.3, 0.4) is 0 Å². The van der Waals surface area contributed by atoms with Crippen molar-refractivity contribution in [3.05, 3.63) is 49.6 Å². The molecule has 1 heterocycles. The standard InChI is InChI=1S/C11H6BrClFN3O3/c1-5-9(17(18)19)10(16-11(13)15-5)20-8-4-6(14)2-3-7(8)12/h2-4H,1H3. The second kappa shape index (κ2) is 5.68. The Morgan fingerprint density at radius 1 is 1.45 bits per heavy atom. The molecule has 2 aromatic rings. The lowest BCUT2D eigenvalue weighted by atomic mass is 10.3. The molecule has 0 radical (unpaired) electrons. The summed E-state index contributed by atoms with van der Waals surface area (Å²) >= 11 is 8.80. The first kappa shape index (κ1) is 14.6. The second-order valence-electron chi connectivity index (χ2n) is 3.67. The minimum Gasteiger partial charge on any atom is -0.432 e. The number of benzene rings is 1. The normalized spacial score (nSPS) is 10.4. The lowest BCUT2D eigenvalue weighted by Gasteiger charge is -2.08. The van der Waals surface area contributed by atoms with Crippen LogP contribution in [0.15, 0.2) is 22.7 Å². The van der Waals surface area contributed by atoms with E-state index >= 15 is 0 Å². The number of halogens is 3. The van der Waals surface area contributed by atoms with Crippen molar-refractivity contribution >= 4 is 33.2 Å². The van der Waals surface area contributed by atoms with Gasteiger partial charge in [-0.3, -0.25) is 10.1 Å². The van der Waals surface area contributed by atoms with E-state index in [1.807, 2.05) is 0 Å². The van der Waals surface area contributed by atoms with Gasteiger partial charge >= 0.3 is 11.6 Å². The van der Waals surface area contributed by atoms with Gasteiger partial charge in [0.2, 0.25) is 5.28 Å². The highest BCUT2D eigenvalue weighted by atomic mass is 79.9. The molecular formula is C11H6BrClFN3O3. The van der Waals surface area contributed by atoms with Crippen molar-refractivity contribution in [2.45, 2.75) is 6.92 Å². The minimum absolute atomic E-state index is 0.0438. The summed E-state index contributed by atoms with van der Waals surface area (Å²) in [7, 11) is 0. The topological polar surface area (TPSA) is 78.2 Å². The van der Waals surface area contributed by atoms with Crippen LogP contribution < -0.4 is 4.74 Å². The van der Waals surface area contributed by atoms with Gasteiger partial charge in [0, 0.05) is 6.07 Å². The van der Waals surface area contributed by atoms with Crippen molar-refractivity contribution in [1.82, 2.24) is 9.97 Å². The van der Waals surface area contributed by atoms with E-state index in [1.165, 1.54) is 19.1 Å². The van der Waals surface area contributed by atoms with Gasteiger partial charge in [-0.2, -0.15) is 4.98 Å². The van der Waals surface area contributed by atoms with E-state index in [9.17, 15) is 14.5 Å². The first-order chi connectivity index (χ1) is 9.38. The number of nitro groups is 1. The summed E-state index contributed by atoms with van der Waals surface area (Å²) in [5, 5.41) is 10.8.